The maximum absolute atomic E-state index is 13.3. The van der Waals surface area contributed by atoms with Crippen molar-refractivity contribution in [3.05, 3.63) is 75.1 Å². The van der Waals surface area contributed by atoms with Crippen LogP contribution in [0.4, 0.5) is 0 Å². The average Bonchev–Trinajstić information content (AvgIpc) is 3.26. The second-order valence-corrected chi connectivity index (χ2v) is 8.28. The van der Waals surface area contributed by atoms with Crippen LogP contribution in [0.5, 0.6) is 11.5 Å². The molecule has 1 amide bonds. The summed E-state index contributed by atoms with van der Waals surface area (Å²) in [6.07, 6.45) is 1.66. The number of carbonyl (C=O) groups excluding carboxylic acids is 1. The highest BCUT2D eigenvalue weighted by atomic mass is 16.7. The highest BCUT2D eigenvalue weighted by molar-refractivity contribution is 5.96. The Bertz CT molecular complexity index is 1550. The second kappa shape index (κ2) is 7.77. The number of ether oxygens (including phenoxy) is 2. The van der Waals surface area contributed by atoms with Crippen LogP contribution in [0.15, 0.2) is 47.4 Å². The van der Waals surface area contributed by atoms with Crippen molar-refractivity contribution in [3.63, 3.8) is 0 Å². The van der Waals surface area contributed by atoms with E-state index in [1.165, 1.54) is 10.5 Å². The van der Waals surface area contributed by atoms with Gasteiger partial charge in [0, 0.05) is 18.8 Å². The van der Waals surface area contributed by atoms with Crippen molar-refractivity contribution in [1.82, 2.24) is 19.3 Å². The Hall–Kier alpha value is -4.14. The molecule has 0 bridgehead atoms. The molecular weight excluding hydrogens is 422 g/mol. The summed E-state index contributed by atoms with van der Waals surface area (Å²) in [6.45, 7) is 6.09. The van der Waals surface area contributed by atoms with Crippen molar-refractivity contribution in [3.8, 4) is 11.5 Å². The van der Waals surface area contributed by atoms with E-state index in [-0.39, 0.29) is 41.4 Å². The fourth-order valence-corrected chi connectivity index (χ4v) is 4.06. The van der Waals surface area contributed by atoms with Crippen LogP contribution >= 0.6 is 0 Å². The Morgan fingerprint density at radius 1 is 1.18 bits per heavy atom. The summed E-state index contributed by atoms with van der Waals surface area (Å²) in [4.78, 5) is 31.1. The number of nitrogens with zero attached hydrogens (tertiary/aromatic N) is 3. The van der Waals surface area contributed by atoms with Crippen LogP contribution in [-0.2, 0) is 6.54 Å². The standard InChI is InChI=1S/C24H23N5O4/c1-13(2)29-20(25)16(23(30)26-11-15-6-7-18-19(9-15)33-12-32-18)10-17-22(29)27-21-14(3)5-4-8-28(21)24(17)31/h4-10,13,25H,11-12H2,1-3H3,(H,26,30). The first-order chi connectivity index (χ1) is 15.8. The Morgan fingerprint density at radius 3 is 2.76 bits per heavy atom. The van der Waals surface area contributed by atoms with Crippen molar-refractivity contribution in [1.29, 1.82) is 5.41 Å². The van der Waals surface area contributed by atoms with Gasteiger partial charge in [-0.1, -0.05) is 12.1 Å². The highest BCUT2D eigenvalue weighted by Gasteiger charge is 2.20. The Kier molecular flexibility index (Phi) is 4.88. The lowest BCUT2D eigenvalue weighted by Gasteiger charge is -2.17. The van der Waals surface area contributed by atoms with Gasteiger partial charge < -0.3 is 19.4 Å². The third-order valence-corrected chi connectivity index (χ3v) is 5.73. The number of pyridine rings is 2. The van der Waals surface area contributed by atoms with Crippen LogP contribution in [0.1, 0.15) is 41.4 Å². The molecule has 9 heteroatoms. The van der Waals surface area contributed by atoms with E-state index in [0.717, 1.165) is 11.1 Å². The lowest BCUT2D eigenvalue weighted by molar-refractivity contribution is 0.0948. The summed E-state index contributed by atoms with van der Waals surface area (Å²) in [5.74, 6) is 0.858. The number of hydrogen-bond donors (Lipinski definition) is 2. The number of hydrogen-bond acceptors (Lipinski definition) is 6. The number of benzene rings is 1. The zero-order chi connectivity index (χ0) is 23.3. The van der Waals surface area contributed by atoms with Gasteiger partial charge in [-0.05, 0) is 56.2 Å². The van der Waals surface area contributed by atoms with E-state index in [1.807, 2.05) is 39.0 Å². The van der Waals surface area contributed by atoms with Gasteiger partial charge in [-0.25, -0.2) is 4.98 Å². The van der Waals surface area contributed by atoms with Crippen LogP contribution in [-0.4, -0.2) is 26.7 Å². The molecule has 9 nitrogen and oxygen atoms in total. The smallest absolute Gasteiger partial charge is 0.267 e. The van der Waals surface area contributed by atoms with Crippen molar-refractivity contribution >= 4 is 22.6 Å². The van der Waals surface area contributed by atoms with Crippen molar-refractivity contribution in [2.75, 3.05) is 6.79 Å². The van der Waals surface area contributed by atoms with E-state index < -0.39 is 5.91 Å². The number of nitrogens with one attached hydrogen (secondary N) is 2. The van der Waals surface area contributed by atoms with E-state index in [2.05, 4.69) is 5.32 Å². The zero-order valence-electron chi connectivity index (χ0n) is 18.5. The first-order valence-electron chi connectivity index (χ1n) is 10.6. The normalized spacial score (nSPS) is 12.6. The van der Waals surface area contributed by atoms with E-state index in [9.17, 15) is 9.59 Å². The maximum Gasteiger partial charge on any atom is 0.267 e. The van der Waals surface area contributed by atoms with E-state index in [1.54, 1.807) is 22.9 Å². The highest BCUT2D eigenvalue weighted by Crippen LogP contribution is 2.32. The summed E-state index contributed by atoms with van der Waals surface area (Å²) < 4.78 is 13.8. The molecule has 0 fully saturated rings. The molecular formula is C24H23N5O4. The molecule has 0 unspecified atom stereocenters. The number of aryl methyl sites for hydroxylation is 1. The first-order valence-corrected chi connectivity index (χ1v) is 10.6. The molecule has 3 aromatic heterocycles. The molecule has 0 atom stereocenters. The van der Waals surface area contributed by atoms with Crippen LogP contribution in [0.3, 0.4) is 0 Å². The van der Waals surface area contributed by atoms with Gasteiger partial charge in [-0.15, -0.1) is 0 Å². The molecule has 4 aromatic rings. The van der Waals surface area contributed by atoms with E-state index in [4.69, 9.17) is 19.9 Å². The number of fused-ring (bicyclic) bond motifs is 3. The minimum atomic E-state index is -0.442. The minimum Gasteiger partial charge on any atom is -0.454 e. The minimum absolute atomic E-state index is 0.00511. The lowest BCUT2D eigenvalue weighted by Crippen LogP contribution is -2.35. The van der Waals surface area contributed by atoms with Gasteiger partial charge in [0.1, 0.15) is 16.8 Å². The maximum atomic E-state index is 13.3. The molecule has 1 aliphatic heterocycles. The van der Waals surface area contributed by atoms with E-state index in [0.29, 0.717) is 22.8 Å². The zero-order valence-corrected chi connectivity index (χ0v) is 18.5. The Labute approximate surface area is 188 Å². The summed E-state index contributed by atoms with van der Waals surface area (Å²) in [5.41, 5.74) is 2.45. The molecule has 1 aliphatic rings. The Morgan fingerprint density at radius 2 is 1.97 bits per heavy atom. The van der Waals surface area contributed by atoms with Crippen LogP contribution in [0.2, 0.25) is 0 Å². The number of rotatable bonds is 4. The van der Waals surface area contributed by atoms with Gasteiger partial charge >= 0.3 is 0 Å². The van der Waals surface area contributed by atoms with Gasteiger partial charge in [0.15, 0.2) is 11.5 Å². The predicted octanol–water partition coefficient (Wildman–Crippen LogP) is 2.68. The molecule has 0 aliphatic carbocycles. The molecule has 0 spiro atoms. The molecule has 1 aromatic carbocycles. The number of aromatic nitrogens is 3. The monoisotopic (exact) mass is 445 g/mol. The van der Waals surface area contributed by atoms with Crippen molar-refractivity contribution < 1.29 is 14.3 Å². The molecule has 33 heavy (non-hydrogen) atoms. The largest absolute Gasteiger partial charge is 0.454 e. The third kappa shape index (κ3) is 3.42. The summed E-state index contributed by atoms with van der Waals surface area (Å²) in [6, 6.07) is 10.4. The van der Waals surface area contributed by atoms with Gasteiger partial charge in [-0.2, -0.15) is 0 Å². The second-order valence-electron chi connectivity index (χ2n) is 8.28. The van der Waals surface area contributed by atoms with Crippen LogP contribution in [0.25, 0.3) is 16.7 Å². The van der Waals surface area contributed by atoms with Gasteiger partial charge in [0.05, 0.1) is 10.9 Å². The van der Waals surface area contributed by atoms with Gasteiger partial charge in [0.2, 0.25) is 6.79 Å². The Balaban J connectivity index is 1.59. The first kappa shape index (κ1) is 20.7. The fourth-order valence-electron chi connectivity index (χ4n) is 4.06. The lowest BCUT2D eigenvalue weighted by atomic mass is 10.1. The van der Waals surface area contributed by atoms with Crippen molar-refractivity contribution in [2.24, 2.45) is 0 Å². The molecule has 5 rings (SSSR count). The van der Waals surface area contributed by atoms with Crippen LogP contribution < -0.4 is 25.8 Å². The quantitative estimate of drug-likeness (QED) is 0.469. The molecule has 2 N–H and O–H groups in total. The molecule has 168 valence electrons. The summed E-state index contributed by atoms with van der Waals surface area (Å²) in [7, 11) is 0. The average molecular weight is 445 g/mol. The SMILES string of the molecule is Cc1cccn2c(=O)c3cc(C(=O)NCc4ccc5c(c4)OCO5)c(=N)n(C(C)C)c3nc12. The van der Waals surface area contributed by atoms with Gasteiger partial charge in [0.25, 0.3) is 11.5 Å². The van der Waals surface area contributed by atoms with Crippen molar-refractivity contribution in [2.45, 2.75) is 33.4 Å². The van der Waals surface area contributed by atoms with Crippen LogP contribution in [0, 0.1) is 12.3 Å². The van der Waals surface area contributed by atoms with Gasteiger partial charge in [-0.3, -0.25) is 19.4 Å². The number of carbonyl (C=O) groups is 1. The van der Waals surface area contributed by atoms with E-state index >= 15 is 0 Å². The summed E-state index contributed by atoms with van der Waals surface area (Å²) in [5, 5.41) is 11.9. The summed E-state index contributed by atoms with van der Waals surface area (Å²) >= 11 is 0. The molecule has 0 saturated heterocycles. The molecule has 0 saturated carbocycles. The predicted molar refractivity (Wildman–Crippen MR) is 122 cm³/mol. The number of amides is 1. The molecule has 0 radical (unpaired) electrons. The fraction of sp³-hybridized carbons (Fsp3) is 0.250. The third-order valence-electron chi connectivity index (χ3n) is 5.73. The molecule has 4 heterocycles. The topological polar surface area (TPSA) is 111 Å².